The average molecular weight is 300 g/mol. The van der Waals surface area contributed by atoms with Crippen molar-refractivity contribution in [3.05, 3.63) is 39.0 Å². The maximum atomic E-state index is 6.09. The molecule has 0 atom stereocenters. The van der Waals surface area contributed by atoms with Crippen LogP contribution in [-0.2, 0) is 12.1 Å². The van der Waals surface area contributed by atoms with E-state index >= 15 is 0 Å². The molecule has 0 saturated carbocycles. The monoisotopic (exact) mass is 299 g/mol. The van der Waals surface area contributed by atoms with Gasteiger partial charge in [-0.15, -0.1) is 11.3 Å². The molecule has 2 N–H and O–H groups in total. The summed E-state index contributed by atoms with van der Waals surface area (Å²) >= 11 is 5.19. The minimum Gasteiger partial charge on any atom is -0.328 e. The molecule has 0 radical (unpaired) electrons. The molecule has 0 saturated heterocycles. The Bertz CT molecular complexity index is 481. The number of nitrogens with zero attached hydrogens (tertiary/aromatic N) is 2. The van der Waals surface area contributed by atoms with E-state index in [1.54, 1.807) is 11.3 Å². The van der Waals surface area contributed by atoms with Crippen molar-refractivity contribution in [1.82, 2.24) is 9.55 Å². The minimum atomic E-state index is -0.356. The Balaban J connectivity index is 2.25. The molecule has 0 bridgehead atoms. The van der Waals surface area contributed by atoms with Gasteiger partial charge in [-0.05, 0) is 35.8 Å². The highest BCUT2D eigenvalue weighted by molar-refractivity contribution is 9.10. The van der Waals surface area contributed by atoms with Crippen LogP contribution in [0.1, 0.15) is 24.4 Å². The van der Waals surface area contributed by atoms with Crippen LogP contribution in [0.15, 0.2) is 28.4 Å². The highest BCUT2D eigenvalue weighted by atomic mass is 79.9. The zero-order valence-electron chi connectivity index (χ0n) is 9.27. The Labute approximate surface area is 107 Å². The van der Waals surface area contributed by atoms with Crippen molar-refractivity contribution in [2.75, 3.05) is 0 Å². The molecular weight excluding hydrogens is 286 g/mol. The molecule has 0 fully saturated rings. The molecule has 16 heavy (non-hydrogen) atoms. The second kappa shape index (κ2) is 4.31. The summed E-state index contributed by atoms with van der Waals surface area (Å²) in [7, 11) is 0. The second-order valence-corrected chi connectivity index (χ2v) is 6.27. The van der Waals surface area contributed by atoms with Crippen molar-refractivity contribution < 1.29 is 0 Å². The van der Waals surface area contributed by atoms with Gasteiger partial charge in [0.05, 0.1) is 24.1 Å². The molecule has 0 aliphatic heterocycles. The Morgan fingerprint density at radius 3 is 2.88 bits per heavy atom. The zero-order chi connectivity index (χ0) is 11.8. The molecule has 0 aliphatic carbocycles. The Kier molecular flexibility index (Phi) is 3.19. The van der Waals surface area contributed by atoms with Crippen molar-refractivity contribution >= 4 is 27.3 Å². The lowest BCUT2D eigenvalue weighted by molar-refractivity contribution is 0.504. The van der Waals surface area contributed by atoms with Gasteiger partial charge in [0.15, 0.2) is 0 Å². The molecule has 0 aromatic carbocycles. The van der Waals surface area contributed by atoms with Crippen LogP contribution in [0.3, 0.4) is 0 Å². The number of imidazole rings is 1. The van der Waals surface area contributed by atoms with E-state index in [9.17, 15) is 0 Å². The molecule has 2 aromatic heterocycles. The first kappa shape index (κ1) is 11.8. The zero-order valence-corrected chi connectivity index (χ0v) is 11.7. The van der Waals surface area contributed by atoms with Gasteiger partial charge in [-0.2, -0.15) is 0 Å². The van der Waals surface area contributed by atoms with Gasteiger partial charge in [-0.1, -0.05) is 0 Å². The van der Waals surface area contributed by atoms with Crippen molar-refractivity contribution in [1.29, 1.82) is 0 Å². The van der Waals surface area contributed by atoms with Crippen LogP contribution < -0.4 is 5.73 Å². The van der Waals surface area contributed by atoms with Crippen molar-refractivity contribution in [2.45, 2.75) is 25.9 Å². The lowest BCUT2D eigenvalue weighted by atomic mass is 10.0. The summed E-state index contributed by atoms with van der Waals surface area (Å²) in [4.78, 5) is 5.45. The molecule has 2 heterocycles. The fourth-order valence-corrected chi connectivity index (χ4v) is 3.04. The quantitative estimate of drug-likeness (QED) is 0.947. The molecule has 3 nitrogen and oxygen atoms in total. The molecular formula is C11H14BrN3S. The van der Waals surface area contributed by atoms with Gasteiger partial charge in [0, 0.05) is 20.9 Å². The molecule has 5 heteroatoms. The number of halogens is 1. The van der Waals surface area contributed by atoms with E-state index in [2.05, 4.69) is 36.9 Å². The number of rotatable bonds is 3. The van der Waals surface area contributed by atoms with Gasteiger partial charge >= 0.3 is 0 Å². The van der Waals surface area contributed by atoms with Gasteiger partial charge in [0.1, 0.15) is 0 Å². The number of thiophene rings is 1. The van der Waals surface area contributed by atoms with Crippen LogP contribution in [-0.4, -0.2) is 9.55 Å². The van der Waals surface area contributed by atoms with Gasteiger partial charge < -0.3 is 10.3 Å². The molecule has 0 unspecified atom stereocenters. The second-order valence-electron chi connectivity index (χ2n) is 4.36. The lowest BCUT2D eigenvalue weighted by Gasteiger charge is -2.20. The summed E-state index contributed by atoms with van der Waals surface area (Å²) in [6.45, 7) is 4.81. The predicted octanol–water partition coefficient (Wildman–Crippen LogP) is 2.95. The van der Waals surface area contributed by atoms with Crippen LogP contribution in [0.4, 0.5) is 0 Å². The fraction of sp³-hybridized carbons (Fsp3) is 0.364. The first-order valence-electron chi connectivity index (χ1n) is 4.99. The van der Waals surface area contributed by atoms with Crippen molar-refractivity contribution in [2.24, 2.45) is 5.73 Å². The Morgan fingerprint density at radius 1 is 1.56 bits per heavy atom. The lowest BCUT2D eigenvalue weighted by Crippen LogP contribution is -2.31. The molecule has 2 rings (SSSR count). The summed E-state index contributed by atoms with van der Waals surface area (Å²) in [5.41, 5.74) is 6.79. The molecule has 86 valence electrons. The predicted molar refractivity (Wildman–Crippen MR) is 70.6 cm³/mol. The summed E-state index contributed by atoms with van der Waals surface area (Å²) in [5, 5.41) is 2.08. The molecule has 0 spiro atoms. The first-order chi connectivity index (χ1) is 7.47. The summed E-state index contributed by atoms with van der Waals surface area (Å²) in [6, 6.07) is 2.12. The van der Waals surface area contributed by atoms with E-state index in [1.165, 1.54) is 4.88 Å². The van der Waals surface area contributed by atoms with Crippen LogP contribution in [0.2, 0.25) is 0 Å². The molecule has 0 amide bonds. The van der Waals surface area contributed by atoms with Crippen LogP contribution >= 0.6 is 27.3 Å². The Morgan fingerprint density at radius 2 is 2.31 bits per heavy atom. The number of aromatic nitrogens is 2. The number of nitrogens with two attached hydrogens (primary N) is 1. The highest BCUT2D eigenvalue weighted by Gasteiger charge is 2.19. The van der Waals surface area contributed by atoms with E-state index in [-0.39, 0.29) is 5.54 Å². The van der Waals surface area contributed by atoms with E-state index in [0.717, 1.165) is 16.7 Å². The maximum absolute atomic E-state index is 6.09. The summed E-state index contributed by atoms with van der Waals surface area (Å²) in [5.74, 6) is 0. The standard InChI is InChI=1S/C11H14BrN3S/c1-11(2,13)10-4-14-7-15(10)5-9-3-8(12)6-16-9/h3-4,6-7H,5,13H2,1-2H3. The van der Waals surface area contributed by atoms with E-state index in [0.29, 0.717) is 0 Å². The van der Waals surface area contributed by atoms with E-state index < -0.39 is 0 Å². The van der Waals surface area contributed by atoms with Crippen LogP contribution in [0.25, 0.3) is 0 Å². The summed E-state index contributed by atoms with van der Waals surface area (Å²) in [6.07, 6.45) is 3.67. The maximum Gasteiger partial charge on any atom is 0.0952 e. The Hall–Kier alpha value is -0.650. The number of hydrogen-bond acceptors (Lipinski definition) is 3. The van der Waals surface area contributed by atoms with Crippen LogP contribution in [0.5, 0.6) is 0 Å². The third kappa shape index (κ3) is 2.53. The minimum absolute atomic E-state index is 0.356. The van der Waals surface area contributed by atoms with Gasteiger partial charge in [0.25, 0.3) is 0 Å². The van der Waals surface area contributed by atoms with Gasteiger partial charge in [-0.3, -0.25) is 0 Å². The van der Waals surface area contributed by atoms with Crippen molar-refractivity contribution in [3.63, 3.8) is 0 Å². The third-order valence-corrected chi connectivity index (χ3v) is 4.00. The van der Waals surface area contributed by atoms with Gasteiger partial charge in [-0.25, -0.2) is 4.98 Å². The van der Waals surface area contributed by atoms with Crippen molar-refractivity contribution in [3.8, 4) is 0 Å². The smallest absolute Gasteiger partial charge is 0.0952 e. The van der Waals surface area contributed by atoms with E-state index in [4.69, 9.17) is 5.73 Å². The number of hydrogen-bond donors (Lipinski definition) is 1. The SMILES string of the molecule is CC(C)(N)c1cncn1Cc1cc(Br)cs1. The normalized spacial score (nSPS) is 12.0. The highest BCUT2D eigenvalue weighted by Crippen LogP contribution is 2.23. The average Bonchev–Trinajstić information content (AvgIpc) is 2.74. The summed E-state index contributed by atoms with van der Waals surface area (Å²) < 4.78 is 3.22. The van der Waals surface area contributed by atoms with Crippen LogP contribution in [0, 0.1) is 0 Å². The van der Waals surface area contributed by atoms with E-state index in [1.807, 2.05) is 26.4 Å². The largest absolute Gasteiger partial charge is 0.328 e. The third-order valence-electron chi connectivity index (χ3n) is 2.32. The molecule has 0 aliphatic rings. The first-order valence-corrected chi connectivity index (χ1v) is 6.66. The molecule has 2 aromatic rings. The topological polar surface area (TPSA) is 43.8 Å². The fourth-order valence-electron chi connectivity index (χ4n) is 1.59. The van der Waals surface area contributed by atoms with Gasteiger partial charge in [0.2, 0.25) is 0 Å².